The highest BCUT2D eigenvalue weighted by molar-refractivity contribution is 5.35. The molecule has 0 bridgehead atoms. The van der Waals surface area contributed by atoms with Gasteiger partial charge in [0.2, 0.25) is 5.95 Å². The normalized spacial score (nSPS) is 17.2. The van der Waals surface area contributed by atoms with E-state index in [-0.39, 0.29) is 5.56 Å². The van der Waals surface area contributed by atoms with E-state index in [1.807, 2.05) is 12.1 Å². The van der Waals surface area contributed by atoms with E-state index in [9.17, 15) is 4.79 Å². The number of hydrogen-bond acceptors (Lipinski definition) is 8. The van der Waals surface area contributed by atoms with Crippen molar-refractivity contribution in [1.29, 1.82) is 0 Å². The lowest BCUT2D eigenvalue weighted by Gasteiger charge is -2.28. The molecular formula is C18H22N8O2. The molecule has 146 valence electrons. The minimum atomic E-state index is -0.0354. The van der Waals surface area contributed by atoms with E-state index in [0.717, 1.165) is 67.7 Å². The third-order valence-corrected chi connectivity index (χ3v) is 5.40. The van der Waals surface area contributed by atoms with Crippen molar-refractivity contribution in [1.82, 2.24) is 35.1 Å². The van der Waals surface area contributed by atoms with Crippen LogP contribution in [0.5, 0.6) is 0 Å². The average Bonchev–Trinajstić information content (AvgIpc) is 3.46. The summed E-state index contributed by atoms with van der Waals surface area (Å²) in [5.41, 5.74) is 1.63. The summed E-state index contributed by atoms with van der Waals surface area (Å²) in [7, 11) is 0. The molecule has 3 aromatic heterocycles. The summed E-state index contributed by atoms with van der Waals surface area (Å²) < 4.78 is 7.11. The lowest BCUT2D eigenvalue weighted by Crippen LogP contribution is -2.37. The Kier molecular flexibility index (Phi) is 4.40. The van der Waals surface area contributed by atoms with Gasteiger partial charge in [-0.2, -0.15) is 0 Å². The molecular weight excluding hydrogens is 360 g/mol. The van der Waals surface area contributed by atoms with Gasteiger partial charge in [-0.15, -0.1) is 5.10 Å². The second-order valence-corrected chi connectivity index (χ2v) is 7.30. The van der Waals surface area contributed by atoms with Crippen LogP contribution in [0.25, 0.3) is 0 Å². The summed E-state index contributed by atoms with van der Waals surface area (Å²) in [6.45, 7) is 4.35. The minimum absolute atomic E-state index is 0.0354. The Bertz CT molecular complexity index is 1000. The molecule has 0 spiro atoms. The highest BCUT2D eigenvalue weighted by atomic mass is 16.3. The van der Waals surface area contributed by atoms with E-state index in [2.05, 4.69) is 30.3 Å². The zero-order valence-corrected chi connectivity index (χ0v) is 15.5. The van der Waals surface area contributed by atoms with E-state index in [1.54, 1.807) is 10.9 Å². The predicted molar refractivity (Wildman–Crippen MR) is 99.7 cm³/mol. The fraction of sp³-hybridized carbons (Fsp3) is 0.500. The zero-order valence-electron chi connectivity index (χ0n) is 15.5. The van der Waals surface area contributed by atoms with Crippen LogP contribution in [0.4, 0.5) is 5.95 Å². The molecule has 0 atom stereocenters. The van der Waals surface area contributed by atoms with Gasteiger partial charge in [-0.05, 0) is 35.4 Å². The quantitative estimate of drug-likeness (QED) is 0.682. The number of hydrogen-bond donors (Lipinski definition) is 1. The number of nitrogens with one attached hydrogen (secondary N) is 1. The Hall–Kier alpha value is -3.01. The van der Waals surface area contributed by atoms with Gasteiger partial charge >= 0.3 is 0 Å². The van der Waals surface area contributed by atoms with E-state index in [0.29, 0.717) is 19.6 Å². The van der Waals surface area contributed by atoms with Crippen LogP contribution in [-0.2, 0) is 26.1 Å². The van der Waals surface area contributed by atoms with E-state index >= 15 is 0 Å². The van der Waals surface area contributed by atoms with Crippen LogP contribution in [0, 0.1) is 0 Å². The van der Waals surface area contributed by atoms with Crippen molar-refractivity contribution >= 4 is 5.95 Å². The van der Waals surface area contributed by atoms with Gasteiger partial charge < -0.3 is 9.32 Å². The van der Waals surface area contributed by atoms with Gasteiger partial charge in [0.1, 0.15) is 12.3 Å². The van der Waals surface area contributed by atoms with Gasteiger partial charge in [0.25, 0.3) is 5.56 Å². The van der Waals surface area contributed by atoms with E-state index in [4.69, 9.17) is 9.40 Å². The molecule has 1 fully saturated rings. The fourth-order valence-corrected chi connectivity index (χ4v) is 3.89. The monoisotopic (exact) mass is 382 g/mol. The number of rotatable bonds is 5. The lowest BCUT2D eigenvalue weighted by molar-refractivity contribution is 0.231. The number of nitrogens with zero attached hydrogens (tertiary/aromatic N) is 7. The van der Waals surface area contributed by atoms with Crippen LogP contribution in [0.15, 0.2) is 27.6 Å². The number of H-pyrrole nitrogens is 1. The zero-order chi connectivity index (χ0) is 18.9. The number of tetrazole rings is 1. The third kappa shape index (κ3) is 3.31. The van der Waals surface area contributed by atoms with Crippen molar-refractivity contribution in [2.45, 2.75) is 38.9 Å². The topological polar surface area (TPSA) is 109 Å². The second kappa shape index (κ2) is 7.19. The van der Waals surface area contributed by atoms with Crippen molar-refractivity contribution in [3.8, 4) is 0 Å². The van der Waals surface area contributed by atoms with Crippen molar-refractivity contribution in [3.05, 3.63) is 51.6 Å². The Morgan fingerprint density at radius 1 is 1.18 bits per heavy atom. The Morgan fingerprint density at radius 2 is 2.07 bits per heavy atom. The van der Waals surface area contributed by atoms with Gasteiger partial charge in [-0.3, -0.25) is 14.7 Å². The van der Waals surface area contributed by atoms with Crippen LogP contribution in [0.2, 0.25) is 0 Å². The van der Waals surface area contributed by atoms with Gasteiger partial charge in [0, 0.05) is 32.6 Å². The number of anilines is 1. The molecule has 0 unspecified atom stereocenters. The molecule has 0 saturated carbocycles. The van der Waals surface area contributed by atoms with E-state index in [1.165, 1.54) is 0 Å². The van der Waals surface area contributed by atoms with E-state index < -0.39 is 0 Å². The maximum Gasteiger partial charge on any atom is 0.257 e. The van der Waals surface area contributed by atoms with Crippen LogP contribution < -0.4 is 10.5 Å². The third-order valence-electron chi connectivity index (χ3n) is 5.40. The Balaban J connectivity index is 1.31. The first-order valence-corrected chi connectivity index (χ1v) is 9.63. The Labute approximate surface area is 161 Å². The molecule has 1 N–H and O–H groups in total. The molecule has 10 nitrogen and oxygen atoms in total. The predicted octanol–water partition coefficient (Wildman–Crippen LogP) is 0.556. The smallest absolute Gasteiger partial charge is 0.257 e. The summed E-state index contributed by atoms with van der Waals surface area (Å²) in [6, 6.07) is 3.74. The van der Waals surface area contributed by atoms with Crippen molar-refractivity contribution in [2.24, 2.45) is 0 Å². The fourth-order valence-electron chi connectivity index (χ4n) is 3.89. The van der Waals surface area contributed by atoms with Gasteiger partial charge in [0.05, 0.1) is 24.1 Å². The number of furan rings is 1. The summed E-state index contributed by atoms with van der Waals surface area (Å²) in [4.78, 5) is 24.7. The molecule has 28 heavy (non-hydrogen) atoms. The van der Waals surface area contributed by atoms with Crippen molar-refractivity contribution < 1.29 is 4.42 Å². The molecule has 10 heteroatoms. The summed E-state index contributed by atoms with van der Waals surface area (Å²) in [5.74, 6) is 2.27. The lowest BCUT2D eigenvalue weighted by atomic mass is 10.1. The first-order valence-electron chi connectivity index (χ1n) is 9.63. The summed E-state index contributed by atoms with van der Waals surface area (Å²) >= 11 is 0. The molecule has 2 aliphatic heterocycles. The minimum Gasteiger partial charge on any atom is -0.467 e. The molecule has 3 aromatic rings. The molecule has 0 radical (unpaired) electrons. The number of aromatic nitrogens is 6. The van der Waals surface area contributed by atoms with Gasteiger partial charge in [-0.1, -0.05) is 0 Å². The highest BCUT2D eigenvalue weighted by Crippen LogP contribution is 2.20. The number of aromatic amines is 1. The van der Waals surface area contributed by atoms with Crippen LogP contribution in [0.1, 0.15) is 35.7 Å². The standard InChI is InChI=1S/C18H22N8O2/c27-17-14-11-24(8-5-15(14)19-18(20-17)25-6-1-2-7-25)12-16-21-22-23-26(16)10-13-4-3-9-28-13/h3-4,9H,1-2,5-8,10-12H2,(H,19,20,27). The first kappa shape index (κ1) is 17.1. The molecule has 5 rings (SSSR count). The molecule has 2 aliphatic rings. The van der Waals surface area contributed by atoms with Crippen molar-refractivity contribution in [2.75, 3.05) is 24.5 Å². The molecule has 5 heterocycles. The average molecular weight is 382 g/mol. The number of fused-ring (bicyclic) bond motifs is 1. The molecule has 0 amide bonds. The van der Waals surface area contributed by atoms with Gasteiger partial charge in [-0.25, -0.2) is 9.67 Å². The second-order valence-electron chi connectivity index (χ2n) is 7.30. The maximum atomic E-state index is 12.7. The molecule has 0 aromatic carbocycles. The highest BCUT2D eigenvalue weighted by Gasteiger charge is 2.24. The van der Waals surface area contributed by atoms with Crippen molar-refractivity contribution in [3.63, 3.8) is 0 Å². The Morgan fingerprint density at radius 3 is 2.89 bits per heavy atom. The largest absolute Gasteiger partial charge is 0.467 e. The summed E-state index contributed by atoms with van der Waals surface area (Å²) in [5, 5.41) is 12.0. The van der Waals surface area contributed by atoms with Crippen LogP contribution in [0.3, 0.4) is 0 Å². The van der Waals surface area contributed by atoms with Gasteiger partial charge in [0.15, 0.2) is 5.82 Å². The first-order chi connectivity index (χ1) is 13.8. The molecule has 1 saturated heterocycles. The van der Waals surface area contributed by atoms with Crippen LogP contribution in [-0.4, -0.2) is 54.7 Å². The molecule has 0 aliphatic carbocycles. The van der Waals surface area contributed by atoms with Crippen LogP contribution >= 0.6 is 0 Å². The SMILES string of the molecule is O=c1[nH]c(N2CCCC2)nc2c1CN(Cc1nnnn1Cc1ccco1)CC2. The maximum absolute atomic E-state index is 12.7. The summed E-state index contributed by atoms with van der Waals surface area (Å²) in [6.07, 6.45) is 4.69.